The van der Waals surface area contributed by atoms with Crippen LogP contribution in [0.5, 0.6) is 11.5 Å². The lowest BCUT2D eigenvalue weighted by atomic mass is 10.1. The Balaban J connectivity index is 1.64. The predicted octanol–water partition coefficient (Wildman–Crippen LogP) is 4.21. The van der Waals surface area contributed by atoms with Crippen LogP contribution in [0.25, 0.3) is 6.08 Å². The molecule has 124 valence electrons. The van der Waals surface area contributed by atoms with E-state index in [0.717, 1.165) is 5.56 Å². The Morgan fingerprint density at radius 1 is 1.25 bits per heavy atom. The highest BCUT2D eigenvalue weighted by Gasteiger charge is 2.16. The Kier molecular flexibility index (Phi) is 4.85. The van der Waals surface area contributed by atoms with Crippen molar-refractivity contribution in [3.63, 3.8) is 0 Å². The highest BCUT2D eigenvalue weighted by molar-refractivity contribution is 9.10. The molecule has 1 aliphatic rings. The lowest BCUT2D eigenvalue weighted by Crippen LogP contribution is -2.24. The maximum absolute atomic E-state index is 13.7. The van der Waals surface area contributed by atoms with Crippen LogP contribution in [0.3, 0.4) is 0 Å². The number of ether oxygens (including phenoxy) is 2. The van der Waals surface area contributed by atoms with Gasteiger partial charge < -0.3 is 14.8 Å². The Hall–Kier alpha value is -2.34. The van der Waals surface area contributed by atoms with Crippen LogP contribution in [0.1, 0.15) is 24.1 Å². The molecule has 0 saturated carbocycles. The molecule has 1 atom stereocenters. The molecule has 0 bridgehead atoms. The van der Waals surface area contributed by atoms with Gasteiger partial charge in [-0.3, -0.25) is 4.79 Å². The molecule has 0 spiro atoms. The molecular weight excluding hydrogens is 377 g/mol. The number of fused-ring (bicyclic) bond motifs is 1. The molecule has 0 fully saturated rings. The number of hydrogen-bond acceptors (Lipinski definition) is 3. The van der Waals surface area contributed by atoms with E-state index in [1.165, 1.54) is 18.2 Å². The molecule has 0 saturated heterocycles. The smallest absolute Gasteiger partial charge is 0.244 e. The third kappa shape index (κ3) is 3.76. The molecule has 24 heavy (non-hydrogen) atoms. The normalized spacial score (nSPS) is 14.0. The fraction of sp³-hybridized carbons (Fsp3) is 0.167. The molecule has 1 N–H and O–H groups in total. The van der Waals surface area contributed by atoms with Crippen LogP contribution in [-0.2, 0) is 4.79 Å². The minimum atomic E-state index is -0.391. The van der Waals surface area contributed by atoms with Gasteiger partial charge in [0.05, 0.1) is 6.04 Å². The summed E-state index contributed by atoms with van der Waals surface area (Å²) in [5.41, 5.74) is 1.25. The monoisotopic (exact) mass is 391 g/mol. The van der Waals surface area contributed by atoms with E-state index in [4.69, 9.17) is 9.47 Å². The molecule has 2 aromatic rings. The average Bonchev–Trinajstić information content (AvgIpc) is 3.01. The van der Waals surface area contributed by atoms with Gasteiger partial charge in [-0.2, -0.15) is 0 Å². The van der Waals surface area contributed by atoms with Crippen molar-refractivity contribution < 1.29 is 18.7 Å². The summed E-state index contributed by atoms with van der Waals surface area (Å²) in [6, 6.07) is 9.98. The van der Waals surface area contributed by atoms with Crippen molar-refractivity contribution in [1.82, 2.24) is 5.32 Å². The molecule has 1 unspecified atom stereocenters. The van der Waals surface area contributed by atoms with Crippen LogP contribution in [0.4, 0.5) is 4.39 Å². The van der Waals surface area contributed by atoms with Gasteiger partial charge in [0.15, 0.2) is 11.5 Å². The van der Waals surface area contributed by atoms with E-state index in [9.17, 15) is 9.18 Å². The third-order valence-corrected chi connectivity index (χ3v) is 4.13. The molecule has 2 aromatic carbocycles. The molecular formula is C18H15BrFNO3. The highest BCUT2D eigenvalue weighted by atomic mass is 79.9. The van der Waals surface area contributed by atoms with Crippen molar-refractivity contribution in [1.29, 1.82) is 0 Å². The summed E-state index contributed by atoms with van der Waals surface area (Å²) in [5.74, 6) is 0.670. The highest BCUT2D eigenvalue weighted by Crippen LogP contribution is 2.34. The summed E-state index contributed by atoms with van der Waals surface area (Å²) < 4.78 is 25.0. The summed E-state index contributed by atoms with van der Waals surface area (Å²) in [7, 11) is 0. The van der Waals surface area contributed by atoms with Gasteiger partial charge in [-0.05, 0) is 42.8 Å². The molecule has 6 heteroatoms. The van der Waals surface area contributed by atoms with Crippen LogP contribution in [0.2, 0.25) is 0 Å². The second-order valence-corrected chi connectivity index (χ2v) is 6.26. The maximum Gasteiger partial charge on any atom is 0.244 e. The van der Waals surface area contributed by atoms with E-state index in [0.29, 0.717) is 21.5 Å². The second kappa shape index (κ2) is 7.05. The number of carbonyl (C=O) groups is 1. The third-order valence-electron chi connectivity index (χ3n) is 3.63. The molecule has 1 amide bonds. The number of amides is 1. The molecule has 4 nitrogen and oxygen atoms in total. The van der Waals surface area contributed by atoms with Crippen LogP contribution < -0.4 is 14.8 Å². The van der Waals surface area contributed by atoms with Gasteiger partial charge in [-0.15, -0.1) is 0 Å². The fourth-order valence-electron chi connectivity index (χ4n) is 2.33. The SMILES string of the molecule is CC(NC(=O)/C=C/c1ccc(Br)cc1F)c1ccc2c(c1)OCO2. The molecule has 1 heterocycles. The van der Waals surface area contributed by atoms with Crippen molar-refractivity contribution in [3.8, 4) is 11.5 Å². The summed E-state index contributed by atoms with van der Waals surface area (Å²) in [4.78, 5) is 12.0. The van der Waals surface area contributed by atoms with Crippen molar-refractivity contribution in [2.45, 2.75) is 13.0 Å². The lowest BCUT2D eigenvalue weighted by Gasteiger charge is -2.13. The lowest BCUT2D eigenvalue weighted by molar-refractivity contribution is -0.117. The van der Waals surface area contributed by atoms with Gasteiger partial charge in [0.25, 0.3) is 0 Å². The van der Waals surface area contributed by atoms with Crippen molar-refractivity contribution in [2.24, 2.45) is 0 Å². The molecule has 0 aliphatic carbocycles. The zero-order chi connectivity index (χ0) is 17.1. The predicted molar refractivity (Wildman–Crippen MR) is 92.3 cm³/mol. The van der Waals surface area contributed by atoms with Gasteiger partial charge >= 0.3 is 0 Å². The zero-order valence-electron chi connectivity index (χ0n) is 12.9. The van der Waals surface area contributed by atoms with Gasteiger partial charge in [-0.25, -0.2) is 4.39 Å². The summed E-state index contributed by atoms with van der Waals surface area (Å²) in [6.45, 7) is 2.07. The molecule has 3 rings (SSSR count). The first kappa shape index (κ1) is 16.5. The number of benzene rings is 2. The zero-order valence-corrected chi connectivity index (χ0v) is 14.5. The van der Waals surface area contributed by atoms with Crippen molar-refractivity contribution >= 4 is 27.9 Å². The first-order valence-corrected chi connectivity index (χ1v) is 8.15. The van der Waals surface area contributed by atoms with E-state index in [-0.39, 0.29) is 18.7 Å². The maximum atomic E-state index is 13.7. The number of halogens is 2. The second-order valence-electron chi connectivity index (χ2n) is 5.34. The summed E-state index contributed by atoms with van der Waals surface area (Å²) >= 11 is 3.19. The number of hydrogen-bond donors (Lipinski definition) is 1. The van der Waals surface area contributed by atoms with E-state index in [2.05, 4.69) is 21.2 Å². The minimum Gasteiger partial charge on any atom is -0.454 e. The van der Waals surface area contributed by atoms with Crippen molar-refractivity contribution in [3.05, 3.63) is 63.9 Å². The van der Waals surface area contributed by atoms with Crippen molar-refractivity contribution in [2.75, 3.05) is 6.79 Å². The first-order valence-electron chi connectivity index (χ1n) is 7.36. The average molecular weight is 392 g/mol. The summed E-state index contributed by atoms with van der Waals surface area (Å²) in [6.07, 6.45) is 2.76. The Bertz CT molecular complexity index is 807. The molecule has 0 aromatic heterocycles. The quantitative estimate of drug-likeness (QED) is 0.794. The van der Waals surface area contributed by atoms with E-state index in [1.54, 1.807) is 12.1 Å². The summed E-state index contributed by atoms with van der Waals surface area (Å²) in [5, 5.41) is 2.83. The molecule has 1 aliphatic heterocycles. The Labute approximate surface area is 147 Å². The van der Waals surface area contributed by atoms with Crippen LogP contribution >= 0.6 is 15.9 Å². The van der Waals surface area contributed by atoms with E-state index >= 15 is 0 Å². The molecule has 0 radical (unpaired) electrons. The minimum absolute atomic E-state index is 0.209. The number of carbonyl (C=O) groups excluding carboxylic acids is 1. The van der Waals surface area contributed by atoms with Crippen LogP contribution in [-0.4, -0.2) is 12.7 Å². The Morgan fingerprint density at radius 3 is 2.83 bits per heavy atom. The fourth-order valence-corrected chi connectivity index (χ4v) is 2.66. The van der Waals surface area contributed by atoms with Gasteiger partial charge in [0.1, 0.15) is 5.82 Å². The topological polar surface area (TPSA) is 47.6 Å². The first-order chi connectivity index (χ1) is 11.5. The van der Waals surface area contributed by atoms with Gasteiger partial charge in [0.2, 0.25) is 12.7 Å². The van der Waals surface area contributed by atoms with E-state index in [1.807, 2.05) is 25.1 Å². The Morgan fingerprint density at radius 2 is 2.04 bits per heavy atom. The van der Waals surface area contributed by atoms with Crippen LogP contribution in [0, 0.1) is 5.82 Å². The number of rotatable bonds is 4. The van der Waals surface area contributed by atoms with Gasteiger partial charge in [0, 0.05) is 16.1 Å². The van der Waals surface area contributed by atoms with Crippen LogP contribution in [0.15, 0.2) is 46.9 Å². The largest absolute Gasteiger partial charge is 0.454 e. The number of nitrogens with one attached hydrogen (secondary N) is 1. The van der Waals surface area contributed by atoms with E-state index < -0.39 is 5.82 Å². The standard InChI is InChI=1S/C18H15BrFNO3/c1-11(13-3-6-16-17(8-13)24-10-23-16)21-18(22)7-4-12-2-5-14(19)9-15(12)20/h2-9,11H,10H2,1H3,(H,21,22)/b7-4+. The van der Waals surface area contributed by atoms with Gasteiger partial charge in [-0.1, -0.05) is 28.1 Å².